The minimum absolute atomic E-state index is 0.167. The third-order valence-electron chi connectivity index (χ3n) is 4.44. The van der Waals surface area contributed by atoms with E-state index in [-0.39, 0.29) is 5.54 Å². The van der Waals surface area contributed by atoms with Gasteiger partial charge in [0.25, 0.3) is 0 Å². The van der Waals surface area contributed by atoms with Gasteiger partial charge in [-0.25, -0.2) is 0 Å². The smallest absolute Gasteiger partial charge is 0.0180 e. The Kier molecular flexibility index (Phi) is 5.11. The first-order valence-corrected chi connectivity index (χ1v) is 6.91. The van der Waals surface area contributed by atoms with E-state index in [4.69, 9.17) is 5.73 Å². The normalized spacial score (nSPS) is 34.0. The van der Waals surface area contributed by atoms with Gasteiger partial charge in [0.2, 0.25) is 0 Å². The summed E-state index contributed by atoms with van der Waals surface area (Å²) in [7, 11) is 0. The Morgan fingerprint density at radius 1 is 1.20 bits per heavy atom. The fraction of sp³-hybridized carbons (Fsp3) is 1.00. The Hall–Kier alpha value is -0.0400. The second kappa shape index (κ2) is 5.89. The Labute approximate surface area is 95.8 Å². The van der Waals surface area contributed by atoms with Crippen LogP contribution in [0.5, 0.6) is 0 Å². The average molecular weight is 211 g/mol. The molecule has 0 aromatic heterocycles. The minimum Gasteiger partial charge on any atom is -0.325 e. The summed E-state index contributed by atoms with van der Waals surface area (Å²) >= 11 is 0. The van der Waals surface area contributed by atoms with E-state index >= 15 is 0 Å². The molecule has 1 saturated carbocycles. The summed E-state index contributed by atoms with van der Waals surface area (Å²) in [5.41, 5.74) is 6.71. The fourth-order valence-electron chi connectivity index (χ4n) is 3.13. The highest BCUT2D eigenvalue weighted by atomic mass is 14.8. The van der Waals surface area contributed by atoms with Gasteiger partial charge in [-0.3, -0.25) is 0 Å². The predicted molar refractivity (Wildman–Crippen MR) is 67.9 cm³/mol. The van der Waals surface area contributed by atoms with Crippen molar-refractivity contribution in [3.8, 4) is 0 Å². The molecule has 0 radical (unpaired) electrons. The first-order chi connectivity index (χ1) is 7.12. The number of hydrogen-bond donors (Lipinski definition) is 1. The van der Waals surface area contributed by atoms with Gasteiger partial charge in [0, 0.05) is 5.54 Å². The van der Waals surface area contributed by atoms with Crippen LogP contribution in [-0.2, 0) is 0 Å². The van der Waals surface area contributed by atoms with Gasteiger partial charge in [0.1, 0.15) is 0 Å². The zero-order valence-electron chi connectivity index (χ0n) is 10.9. The molecule has 0 spiro atoms. The lowest BCUT2D eigenvalue weighted by molar-refractivity contribution is 0.159. The van der Waals surface area contributed by atoms with E-state index in [1.54, 1.807) is 0 Å². The lowest BCUT2D eigenvalue weighted by Gasteiger charge is -2.41. The van der Waals surface area contributed by atoms with E-state index in [0.29, 0.717) is 5.92 Å². The summed E-state index contributed by atoms with van der Waals surface area (Å²) in [5, 5.41) is 0. The van der Waals surface area contributed by atoms with Crippen molar-refractivity contribution in [2.75, 3.05) is 0 Å². The molecule has 0 aliphatic heterocycles. The van der Waals surface area contributed by atoms with Crippen molar-refractivity contribution in [3.63, 3.8) is 0 Å². The van der Waals surface area contributed by atoms with Gasteiger partial charge in [-0.05, 0) is 43.9 Å². The minimum atomic E-state index is 0.167. The van der Waals surface area contributed by atoms with Gasteiger partial charge >= 0.3 is 0 Å². The quantitative estimate of drug-likeness (QED) is 0.727. The number of rotatable bonds is 5. The summed E-state index contributed by atoms with van der Waals surface area (Å²) in [6.45, 7) is 6.91. The third-order valence-corrected chi connectivity index (χ3v) is 4.44. The van der Waals surface area contributed by atoms with Crippen LogP contribution in [0.4, 0.5) is 0 Å². The summed E-state index contributed by atoms with van der Waals surface area (Å²) in [5.74, 6) is 1.69. The van der Waals surface area contributed by atoms with Crippen molar-refractivity contribution in [1.29, 1.82) is 0 Å². The number of hydrogen-bond acceptors (Lipinski definition) is 1. The van der Waals surface area contributed by atoms with E-state index in [2.05, 4.69) is 20.8 Å². The van der Waals surface area contributed by atoms with Crippen LogP contribution in [0.15, 0.2) is 0 Å². The van der Waals surface area contributed by atoms with E-state index in [9.17, 15) is 0 Å². The van der Waals surface area contributed by atoms with Crippen LogP contribution < -0.4 is 5.73 Å². The van der Waals surface area contributed by atoms with Crippen LogP contribution in [0.1, 0.15) is 72.1 Å². The second-order valence-electron chi connectivity index (χ2n) is 5.65. The molecule has 1 nitrogen and oxygen atoms in total. The molecule has 0 heterocycles. The molecule has 1 aliphatic carbocycles. The van der Waals surface area contributed by atoms with Gasteiger partial charge in [0.05, 0.1) is 0 Å². The van der Waals surface area contributed by atoms with Gasteiger partial charge in [-0.2, -0.15) is 0 Å². The third kappa shape index (κ3) is 3.48. The van der Waals surface area contributed by atoms with Gasteiger partial charge in [0.15, 0.2) is 0 Å². The molecule has 1 fully saturated rings. The predicted octanol–water partition coefficient (Wildman–Crippen LogP) is 4.11. The second-order valence-corrected chi connectivity index (χ2v) is 5.65. The van der Waals surface area contributed by atoms with Crippen molar-refractivity contribution >= 4 is 0 Å². The maximum atomic E-state index is 6.55. The van der Waals surface area contributed by atoms with E-state index in [1.165, 1.54) is 51.4 Å². The molecule has 1 unspecified atom stereocenters. The van der Waals surface area contributed by atoms with Crippen LogP contribution in [0.2, 0.25) is 0 Å². The SMILES string of the molecule is CCCC1CCC(N)(C(C)CCC)CC1. The average Bonchev–Trinajstić information content (AvgIpc) is 2.22. The van der Waals surface area contributed by atoms with E-state index in [1.807, 2.05) is 0 Å². The molecular weight excluding hydrogens is 182 g/mol. The molecule has 0 aromatic rings. The molecule has 0 amide bonds. The molecule has 0 saturated heterocycles. The van der Waals surface area contributed by atoms with Crippen molar-refractivity contribution in [2.45, 2.75) is 77.7 Å². The Balaban J connectivity index is 2.39. The molecule has 90 valence electrons. The lowest BCUT2D eigenvalue weighted by Crippen LogP contribution is -2.48. The first kappa shape index (κ1) is 13.0. The highest BCUT2D eigenvalue weighted by Gasteiger charge is 2.35. The topological polar surface area (TPSA) is 26.0 Å². The van der Waals surface area contributed by atoms with Gasteiger partial charge < -0.3 is 5.73 Å². The standard InChI is InChI=1S/C14H29N/c1-4-6-12(3)14(15)10-8-13(7-5-2)9-11-14/h12-13H,4-11,15H2,1-3H3. The summed E-state index contributed by atoms with van der Waals surface area (Å²) in [4.78, 5) is 0. The molecule has 0 aromatic carbocycles. The molecule has 2 N–H and O–H groups in total. The Morgan fingerprint density at radius 2 is 1.80 bits per heavy atom. The highest BCUT2D eigenvalue weighted by molar-refractivity contribution is 4.93. The maximum absolute atomic E-state index is 6.55. The van der Waals surface area contributed by atoms with Crippen LogP contribution in [0.25, 0.3) is 0 Å². The van der Waals surface area contributed by atoms with Gasteiger partial charge in [-0.15, -0.1) is 0 Å². The van der Waals surface area contributed by atoms with Crippen molar-refractivity contribution < 1.29 is 0 Å². The molecular formula is C14H29N. The summed E-state index contributed by atoms with van der Waals surface area (Å²) in [6, 6.07) is 0. The van der Waals surface area contributed by atoms with E-state index < -0.39 is 0 Å². The number of nitrogens with two attached hydrogens (primary N) is 1. The van der Waals surface area contributed by atoms with Gasteiger partial charge in [-0.1, -0.05) is 40.0 Å². The van der Waals surface area contributed by atoms with Crippen LogP contribution >= 0.6 is 0 Å². The van der Waals surface area contributed by atoms with Crippen molar-refractivity contribution in [3.05, 3.63) is 0 Å². The molecule has 1 atom stereocenters. The maximum Gasteiger partial charge on any atom is 0.0180 e. The molecule has 1 heteroatoms. The summed E-state index contributed by atoms with van der Waals surface area (Å²) in [6.07, 6.45) is 10.6. The monoisotopic (exact) mass is 211 g/mol. The highest BCUT2D eigenvalue weighted by Crippen LogP contribution is 2.38. The first-order valence-electron chi connectivity index (χ1n) is 6.91. The lowest BCUT2D eigenvalue weighted by atomic mass is 9.69. The zero-order chi connectivity index (χ0) is 11.3. The molecule has 0 bridgehead atoms. The van der Waals surface area contributed by atoms with E-state index in [0.717, 1.165) is 5.92 Å². The van der Waals surface area contributed by atoms with Crippen LogP contribution in [0.3, 0.4) is 0 Å². The fourth-order valence-corrected chi connectivity index (χ4v) is 3.13. The largest absolute Gasteiger partial charge is 0.325 e. The molecule has 1 aliphatic rings. The van der Waals surface area contributed by atoms with Crippen LogP contribution in [-0.4, -0.2) is 5.54 Å². The van der Waals surface area contributed by atoms with Crippen molar-refractivity contribution in [2.24, 2.45) is 17.6 Å². The Bertz CT molecular complexity index is 168. The zero-order valence-corrected chi connectivity index (χ0v) is 10.9. The molecule has 1 rings (SSSR count). The van der Waals surface area contributed by atoms with Crippen LogP contribution in [0, 0.1) is 11.8 Å². The van der Waals surface area contributed by atoms with Crippen molar-refractivity contribution in [1.82, 2.24) is 0 Å². The summed E-state index contributed by atoms with van der Waals surface area (Å²) < 4.78 is 0. The molecule has 15 heavy (non-hydrogen) atoms. The Morgan fingerprint density at radius 3 is 2.27 bits per heavy atom.